The number of hydrogen-bond acceptors (Lipinski definition) is 4. The molecule has 5 nitrogen and oxygen atoms in total. The molecule has 0 saturated carbocycles. The van der Waals surface area contributed by atoms with Crippen molar-refractivity contribution in [3.05, 3.63) is 167 Å². The molecular formula is C57H60N4O. The van der Waals surface area contributed by atoms with Crippen LogP contribution in [0.5, 0.6) is 11.5 Å². The molecule has 0 unspecified atom stereocenters. The van der Waals surface area contributed by atoms with Crippen molar-refractivity contribution in [2.75, 3.05) is 16.5 Å². The molecule has 6 aromatic carbocycles. The number of rotatable bonds is 6. The number of ether oxygens (including phenoxy) is 1. The SMILES string of the molecule is [2H]C([2H])([2H])c1cc(C(C)(C)C)cc(C)c1-c1cc(-n2c3ccccc3c3ccc(Oc4cccc(N5CN(c6cc(C(C)(C)C)cc(C(C)(C)C)c6)c6ccccc65)c4)cc32)ncc1C. The van der Waals surface area contributed by atoms with Crippen molar-refractivity contribution < 1.29 is 8.85 Å². The quantitative estimate of drug-likeness (QED) is 0.167. The van der Waals surface area contributed by atoms with Gasteiger partial charge in [-0.25, -0.2) is 4.98 Å². The van der Waals surface area contributed by atoms with E-state index in [1.54, 1.807) is 0 Å². The minimum absolute atomic E-state index is 0.00102. The van der Waals surface area contributed by atoms with E-state index >= 15 is 0 Å². The van der Waals surface area contributed by atoms with Gasteiger partial charge < -0.3 is 14.5 Å². The first-order valence-electron chi connectivity index (χ1n) is 23.3. The van der Waals surface area contributed by atoms with Crippen molar-refractivity contribution in [3.8, 4) is 28.4 Å². The van der Waals surface area contributed by atoms with Gasteiger partial charge in [-0.1, -0.05) is 117 Å². The lowest BCUT2D eigenvalue weighted by atomic mass is 9.80. The van der Waals surface area contributed by atoms with Crippen molar-refractivity contribution in [1.82, 2.24) is 9.55 Å². The normalized spacial score (nSPS) is 14.3. The summed E-state index contributed by atoms with van der Waals surface area (Å²) in [6.45, 7) is 22.4. The Balaban J connectivity index is 1.10. The third kappa shape index (κ3) is 7.42. The molecule has 3 heterocycles. The van der Waals surface area contributed by atoms with Gasteiger partial charge in [0.15, 0.2) is 0 Å². The van der Waals surface area contributed by atoms with Crippen LogP contribution in [0.25, 0.3) is 38.8 Å². The fourth-order valence-electron chi connectivity index (χ4n) is 8.88. The van der Waals surface area contributed by atoms with Crippen molar-refractivity contribution in [2.45, 2.75) is 99.3 Å². The van der Waals surface area contributed by atoms with E-state index in [0.717, 1.165) is 66.7 Å². The number of fused-ring (bicyclic) bond motifs is 4. The fraction of sp³-hybridized carbons (Fsp3) is 0.281. The lowest BCUT2D eigenvalue weighted by molar-refractivity contribution is 0.483. The molecule has 1 aliphatic rings. The molecule has 0 N–H and O–H groups in total. The molecule has 2 aromatic heterocycles. The zero-order chi connectivity index (χ0) is 46.4. The summed E-state index contributed by atoms with van der Waals surface area (Å²) in [4.78, 5) is 9.80. The minimum atomic E-state index is -2.31. The molecule has 0 saturated heterocycles. The van der Waals surface area contributed by atoms with Crippen LogP contribution >= 0.6 is 0 Å². The van der Waals surface area contributed by atoms with Crippen LogP contribution < -0.4 is 14.5 Å². The number of aryl methyl sites for hydroxylation is 3. The van der Waals surface area contributed by atoms with E-state index in [2.05, 4.69) is 174 Å². The predicted octanol–water partition coefficient (Wildman–Crippen LogP) is 15.7. The number of nitrogens with zero attached hydrogens (tertiary/aromatic N) is 4. The Kier molecular flexibility index (Phi) is 9.02. The van der Waals surface area contributed by atoms with Crippen molar-refractivity contribution in [3.63, 3.8) is 0 Å². The van der Waals surface area contributed by atoms with E-state index in [-0.39, 0.29) is 16.2 Å². The number of hydrogen-bond donors (Lipinski definition) is 0. The van der Waals surface area contributed by atoms with Crippen molar-refractivity contribution in [1.29, 1.82) is 0 Å². The van der Waals surface area contributed by atoms with Gasteiger partial charge in [-0.15, -0.1) is 0 Å². The molecule has 62 heavy (non-hydrogen) atoms. The molecular weight excluding hydrogens is 757 g/mol. The summed E-state index contributed by atoms with van der Waals surface area (Å²) in [5.74, 6) is 2.13. The Morgan fingerprint density at radius 3 is 1.81 bits per heavy atom. The van der Waals surface area contributed by atoms with Gasteiger partial charge in [0.1, 0.15) is 24.0 Å². The zero-order valence-electron chi connectivity index (χ0n) is 41.1. The molecule has 0 aliphatic carbocycles. The standard InChI is InChI=1S/C57H60N4O/c1-36-26-39(55(4,5)6)27-37(2)54(36)48-33-53(58-34-38(48)3)61-49-21-14-13-20-46(49)47-25-24-45(32-52(47)61)62-44-19-17-18-42(31-44)59-35-60(51-23-16-15-22-50(51)59)43-29-40(56(7,8)9)28-41(30-43)57(10,11)12/h13-34H,35H2,1-12H3/i1D3. The molecule has 0 radical (unpaired) electrons. The van der Waals surface area contributed by atoms with Gasteiger partial charge in [0.2, 0.25) is 0 Å². The summed E-state index contributed by atoms with van der Waals surface area (Å²) in [6, 6.07) is 44.7. The van der Waals surface area contributed by atoms with Gasteiger partial charge in [0.05, 0.1) is 22.4 Å². The third-order valence-electron chi connectivity index (χ3n) is 12.5. The maximum atomic E-state index is 8.64. The maximum absolute atomic E-state index is 8.64. The molecule has 0 bridgehead atoms. The largest absolute Gasteiger partial charge is 0.457 e. The number of anilines is 4. The summed E-state index contributed by atoms with van der Waals surface area (Å²) in [6.07, 6.45) is 1.86. The molecule has 1 aliphatic heterocycles. The van der Waals surface area contributed by atoms with E-state index in [9.17, 15) is 0 Å². The number of benzene rings is 6. The summed E-state index contributed by atoms with van der Waals surface area (Å²) >= 11 is 0. The first-order valence-corrected chi connectivity index (χ1v) is 21.8. The minimum Gasteiger partial charge on any atom is -0.457 e. The summed E-state index contributed by atoms with van der Waals surface area (Å²) in [5, 5.41) is 2.16. The average molecular weight is 820 g/mol. The number of aromatic nitrogens is 2. The second kappa shape index (κ2) is 14.9. The zero-order valence-corrected chi connectivity index (χ0v) is 38.1. The van der Waals surface area contributed by atoms with Gasteiger partial charge in [0, 0.05) is 44.6 Å². The summed E-state index contributed by atoms with van der Waals surface area (Å²) in [7, 11) is 0. The second-order valence-corrected chi connectivity index (χ2v) is 20.2. The van der Waals surface area contributed by atoms with Gasteiger partial charge in [0.25, 0.3) is 0 Å². The Labute approximate surface area is 372 Å². The smallest absolute Gasteiger partial charge is 0.138 e. The van der Waals surface area contributed by atoms with Crippen LogP contribution in [-0.4, -0.2) is 16.2 Å². The molecule has 0 amide bonds. The first-order chi connectivity index (χ1) is 30.6. The molecule has 9 rings (SSSR count). The Bertz CT molecular complexity index is 3110. The van der Waals surface area contributed by atoms with E-state index in [1.807, 2.05) is 50.4 Å². The highest BCUT2D eigenvalue weighted by atomic mass is 16.5. The van der Waals surface area contributed by atoms with E-state index in [0.29, 0.717) is 23.8 Å². The van der Waals surface area contributed by atoms with Gasteiger partial charge >= 0.3 is 0 Å². The van der Waals surface area contributed by atoms with Crippen LogP contribution in [0, 0.1) is 20.7 Å². The van der Waals surface area contributed by atoms with Crippen molar-refractivity contribution in [2.24, 2.45) is 0 Å². The lowest BCUT2D eigenvalue weighted by Gasteiger charge is -2.29. The van der Waals surface area contributed by atoms with Gasteiger partial charge in [-0.3, -0.25) is 4.57 Å². The van der Waals surface area contributed by atoms with Gasteiger partial charge in [-0.05, 0) is 142 Å². The van der Waals surface area contributed by atoms with E-state index < -0.39 is 6.85 Å². The van der Waals surface area contributed by atoms with Crippen LogP contribution in [0.1, 0.15) is 99.8 Å². The molecule has 0 spiro atoms. The van der Waals surface area contributed by atoms with Crippen LogP contribution in [0.3, 0.4) is 0 Å². The monoisotopic (exact) mass is 819 g/mol. The predicted molar refractivity (Wildman–Crippen MR) is 263 cm³/mol. The van der Waals surface area contributed by atoms with Gasteiger partial charge in [-0.2, -0.15) is 0 Å². The Morgan fingerprint density at radius 1 is 0.532 bits per heavy atom. The second-order valence-electron chi connectivity index (χ2n) is 20.2. The highest BCUT2D eigenvalue weighted by Crippen LogP contribution is 2.47. The Morgan fingerprint density at radius 2 is 1.13 bits per heavy atom. The average Bonchev–Trinajstić information content (AvgIpc) is 3.79. The first kappa shape index (κ1) is 37.4. The van der Waals surface area contributed by atoms with Crippen LogP contribution in [0.15, 0.2) is 134 Å². The molecule has 5 heteroatoms. The molecule has 0 fully saturated rings. The topological polar surface area (TPSA) is 33.5 Å². The number of pyridine rings is 1. The molecule has 314 valence electrons. The highest BCUT2D eigenvalue weighted by Gasteiger charge is 2.30. The molecule has 8 aromatic rings. The Hall–Kier alpha value is -6.33. The van der Waals surface area contributed by atoms with Crippen LogP contribution in [-0.2, 0) is 16.2 Å². The summed E-state index contributed by atoms with van der Waals surface area (Å²) in [5.41, 5.74) is 13.7. The van der Waals surface area contributed by atoms with Crippen LogP contribution in [0.4, 0.5) is 22.7 Å². The maximum Gasteiger partial charge on any atom is 0.138 e. The fourth-order valence-corrected chi connectivity index (χ4v) is 8.88. The highest BCUT2D eigenvalue weighted by molar-refractivity contribution is 6.09. The molecule has 0 atom stereocenters. The lowest BCUT2D eigenvalue weighted by Crippen LogP contribution is -2.25. The summed E-state index contributed by atoms with van der Waals surface area (Å²) < 4.78 is 34.8. The third-order valence-corrected chi connectivity index (χ3v) is 12.5. The van der Waals surface area contributed by atoms with Crippen molar-refractivity contribution >= 4 is 44.6 Å². The van der Waals surface area contributed by atoms with E-state index in [4.69, 9.17) is 13.8 Å². The van der Waals surface area contributed by atoms with Crippen LogP contribution in [0.2, 0.25) is 0 Å². The number of para-hydroxylation sites is 3. The van der Waals surface area contributed by atoms with E-state index in [1.165, 1.54) is 22.5 Å².